The second-order valence-corrected chi connectivity index (χ2v) is 10.2. The minimum atomic E-state index is -0.0632. The Morgan fingerprint density at radius 1 is 1.10 bits per heavy atom. The van der Waals surface area contributed by atoms with Crippen LogP contribution in [0.2, 0.25) is 0 Å². The van der Waals surface area contributed by atoms with Crippen LogP contribution in [0, 0.1) is 18.8 Å². The highest BCUT2D eigenvalue weighted by atomic mass is 32.2. The lowest BCUT2D eigenvalue weighted by Gasteiger charge is -2.26. The molecule has 0 aliphatic rings. The van der Waals surface area contributed by atoms with Crippen LogP contribution in [-0.2, 0) is 16.0 Å². The Kier molecular flexibility index (Phi) is 9.17. The fourth-order valence-corrected chi connectivity index (χ4v) is 4.47. The Balaban J connectivity index is 1.85. The summed E-state index contributed by atoms with van der Waals surface area (Å²) in [7, 11) is 0. The van der Waals surface area contributed by atoms with Gasteiger partial charge in [0.1, 0.15) is 0 Å². The van der Waals surface area contributed by atoms with E-state index in [-0.39, 0.29) is 11.8 Å². The monoisotopic (exact) mass is 433 g/mol. The van der Waals surface area contributed by atoms with Crippen LogP contribution >= 0.6 is 23.1 Å². The van der Waals surface area contributed by atoms with Crippen LogP contribution in [0.4, 0.5) is 5.69 Å². The molecule has 2 rings (SSSR count). The average molecular weight is 434 g/mol. The molecule has 1 aromatic heterocycles. The summed E-state index contributed by atoms with van der Waals surface area (Å²) in [6.45, 7) is 12.0. The molecule has 2 amide bonds. The lowest BCUT2D eigenvalue weighted by Crippen LogP contribution is -2.38. The molecule has 0 unspecified atom stereocenters. The van der Waals surface area contributed by atoms with Crippen molar-refractivity contribution in [1.82, 2.24) is 9.88 Å². The summed E-state index contributed by atoms with van der Waals surface area (Å²) < 4.78 is 0.811. The standard InChI is InChI=1S/C22H31N3O2S2/c1-15(2)11-25(12-16(3)4)21(27)10-19-13-28-22(24-19)29-14-20(26)23-18-8-6-17(5)7-9-18/h6-9,13,15-16H,10-12,14H2,1-5H3,(H,23,26). The van der Waals surface area contributed by atoms with E-state index in [9.17, 15) is 9.59 Å². The number of rotatable bonds is 10. The SMILES string of the molecule is Cc1ccc(NC(=O)CSc2nc(CC(=O)N(CC(C)C)CC(C)C)cs2)cc1. The molecule has 0 aliphatic heterocycles. The van der Waals surface area contributed by atoms with E-state index >= 15 is 0 Å². The highest BCUT2D eigenvalue weighted by Gasteiger charge is 2.18. The largest absolute Gasteiger partial charge is 0.342 e. The highest BCUT2D eigenvalue weighted by Crippen LogP contribution is 2.23. The molecule has 7 heteroatoms. The molecule has 0 saturated heterocycles. The number of thioether (sulfide) groups is 1. The predicted octanol–water partition coefficient (Wildman–Crippen LogP) is 4.87. The van der Waals surface area contributed by atoms with Crippen molar-refractivity contribution >= 4 is 40.6 Å². The first-order chi connectivity index (χ1) is 13.7. The molecule has 0 saturated carbocycles. The van der Waals surface area contributed by atoms with Crippen molar-refractivity contribution in [3.8, 4) is 0 Å². The zero-order chi connectivity index (χ0) is 21.4. The van der Waals surface area contributed by atoms with Crippen LogP contribution in [0.1, 0.15) is 39.0 Å². The molecule has 0 aliphatic carbocycles. The highest BCUT2D eigenvalue weighted by molar-refractivity contribution is 8.01. The molecule has 1 N–H and O–H groups in total. The average Bonchev–Trinajstić information content (AvgIpc) is 3.08. The van der Waals surface area contributed by atoms with Crippen LogP contribution < -0.4 is 5.32 Å². The topological polar surface area (TPSA) is 62.3 Å². The maximum Gasteiger partial charge on any atom is 0.234 e. The predicted molar refractivity (Wildman–Crippen MR) is 123 cm³/mol. The molecule has 0 fully saturated rings. The van der Waals surface area contributed by atoms with E-state index in [1.54, 1.807) is 0 Å². The number of anilines is 1. The van der Waals surface area contributed by atoms with Gasteiger partial charge >= 0.3 is 0 Å². The van der Waals surface area contributed by atoms with E-state index < -0.39 is 0 Å². The number of hydrogen-bond donors (Lipinski definition) is 1. The molecular formula is C22H31N3O2S2. The van der Waals surface area contributed by atoms with Gasteiger partial charge in [-0.25, -0.2) is 4.98 Å². The molecule has 5 nitrogen and oxygen atoms in total. The molecule has 0 radical (unpaired) electrons. The minimum Gasteiger partial charge on any atom is -0.342 e. The first-order valence-corrected chi connectivity index (χ1v) is 11.8. The van der Waals surface area contributed by atoms with Gasteiger partial charge in [-0.05, 0) is 30.9 Å². The molecule has 158 valence electrons. The van der Waals surface area contributed by atoms with Gasteiger partial charge in [0, 0.05) is 24.2 Å². The van der Waals surface area contributed by atoms with Gasteiger partial charge in [-0.2, -0.15) is 0 Å². The number of nitrogens with zero attached hydrogens (tertiary/aromatic N) is 2. The second-order valence-electron chi connectivity index (χ2n) is 8.07. The van der Waals surface area contributed by atoms with Crippen molar-refractivity contribution in [3.05, 3.63) is 40.9 Å². The molecular weight excluding hydrogens is 402 g/mol. The third-order valence-electron chi connectivity index (χ3n) is 4.05. The van der Waals surface area contributed by atoms with Gasteiger partial charge in [0.15, 0.2) is 4.34 Å². The van der Waals surface area contributed by atoms with E-state index in [0.717, 1.165) is 34.4 Å². The third-order valence-corrected chi connectivity index (χ3v) is 6.12. The third kappa shape index (κ3) is 8.58. The molecule has 0 atom stereocenters. The fraction of sp³-hybridized carbons (Fsp3) is 0.500. The zero-order valence-electron chi connectivity index (χ0n) is 17.9. The molecule has 0 spiro atoms. The van der Waals surface area contributed by atoms with Crippen LogP contribution in [0.25, 0.3) is 0 Å². The van der Waals surface area contributed by atoms with Gasteiger partial charge in [-0.1, -0.05) is 57.2 Å². The number of carbonyl (C=O) groups excluding carboxylic acids is 2. The number of benzene rings is 1. The van der Waals surface area contributed by atoms with Gasteiger partial charge in [-0.3, -0.25) is 9.59 Å². The summed E-state index contributed by atoms with van der Waals surface area (Å²) >= 11 is 2.88. The zero-order valence-corrected chi connectivity index (χ0v) is 19.5. The van der Waals surface area contributed by atoms with Gasteiger partial charge in [0.2, 0.25) is 11.8 Å². The van der Waals surface area contributed by atoms with Crippen molar-refractivity contribution in [3.63, 3.8) is 0 Å². The van der Waals surface area contributed by atoms with Gasteiger partial charge in [0.05, 0.1) is 17.9 Å². The summed E-state index contributed by atoms with van der Waals surface area (Å²) in [5, 5.41) is 4.80. The first kappa shape index (κ1) is 23.4. The summed E-state index contributed by atoms with van der Waals surface area (Å²) in [5.41, 5.74) is 2.73. The normalized spacial score (nSPS) is 11.1. The van der Waals surface area contributed by atoms with Crippen LogP contribution in [0.15, 0.2) is 34.0 Å². The van der Waals surface area contributed by atoms with Crippen LogP contribution in [-0.4, -0.2) is 40.5 Å². The second kappa shape index (κ2) is 11.4. The quantitative estimate of drug-likeness (QED) is 0.543. The summed E-state index contributed by atoms with van der Waals surface area (Å²) in [5.74, 6) is 1.22. The van der Waals surface area contributed by atoms with Crippen molar-refractivity contribution < 1.29 is 9.59 Å². The minimum absolute atomic E-state index is 0.0632. The summed E-state index contributed by atoms with van der Waals surface area (Å²) in [6, 6.07) is 7.72. The van der Waals surface area contributed by atoms with E-state index in [0.29, 0.717) is 24.0 Å². The number of hydrogen-bond acceptors (Lipinski definition) is 5. The molecule has 2 aromatic rings. The maximum absolute atomic E-state index is 12.7. The number of carbonyl (C=O) groups is 2. The number of thiazole rings is 1. The number of amides is 2. The van der Waals surface area contributed by atoms with Crippen molar-refractivity contribution in [2.45, 2.75) is 45.4 Å². The number of aryl methyl sites for hydroxylation is 1. The first-order valence-electron chi connectivity index (χ1n) is 9.94. The van der Waals surface area contributed by atoms with Crippen LogP contribution in [0.5, 0.6) is 0 Å². The molecule has 0 bridgehead atoms. The summed E-state index contributed by atoms with van der Waals surface area (Å²) in [6.07, 6.45) is 0.312. The van der Waals surface area contributed by atoms with Crippen molar-refractivity contribution in [2.75, 3.05) is 24.2 Å². The Morgan fingerprint density at radius 2 is 1.72 bits per heavy atom. The Morgan fingerprint density at radius 3 is 2.31 bits per heavy atom. The van der Waals surface area contributed by atoms with Crippen LogP contribution in [0.3, 0.4) is 0 Å². The van der Waals surface area contributed by atoms with Crippen molar-refractivity contribution in [2.24, 2.45) is 11.8 Å². The molecule has 1 heterocycles. The number of aromatic nitrogens is 1. The van der Waals surface area contributed by atoms with Crippen molar-refractivity contribution in [1.29, 1.82) is 0 Å². The Bertz CT molecular complexity index is 791. The maximum atomic E-state index is 12.7. The lowest BCUT2D eigenvalue weighted by atomic mass is 10.1. The van der Waals surface area contributed by atoms with E-state index in [4.69, 9.17) is 0 Å². The Hall–Kier alpha value is -1.86. The Labute approximate surface area is 182 Å². The fourth-order valence-electron chi connectivity index (χ4n) is 2.82. The smallest absolute Gasteiger partial charge is 0.234 e. The van der Waals surface area contributed by atoms with Gasteiger partial charge in [-0.15, -0.1) is 11.3 Å². The number of nitrogens with one attached hydrogen (secondary N) is 1. The van der Waals surface area contributed by atoms with E-state index in [1.807, 2.05) is 41.5 Å². The molecule has 1 aromatic carbocycles. The summed E-state index contributed by atoms with van der Waals surface area (Å²) in [4.78, 5) is 31.3. The van der Waals surface area contributed by atoms with Gasteiger partial charge < -0.3 is 10.2 Å². The molecule has 29 heavy (non-hydrogen) atoms. The van der Waals surface area contributed by atoms with E-state index in [2.05, 4.69) is 38.0 Å². The van der Waals surface area contributed by atoms with E-state index in [1.165, 1.54) is 23.1 Å². The lowest BCUT2D eigenvalue weighted by molar-refractivity contribution is -0.131. The van der Waals surface area contributed by atoms with Gasteiger partial charge in [0.25, 0.3) is 0 Å².